The molecule has 0 aliphatic heterocycles. The van der Waals surface area contributed by atoms with E-state index in [0.29, 0.717) is 0 Å². The van der Waals surface area contributed by atoms with E-state index in [9.17, 15) is 123 Å². The highest BCUT2D eigenvalue weighted by Crippen LogP contribution is 2.67. The molecule has 270 valence electrons. The summed E-state index contributed by atoms with van der Waals surface area (Å²) < 4.78 is 361. The molecule has 0 heterocycles. The lowest BCUT2D eigenvalue weighted by atomic mass is 9.84. The van der Waals surface area contributed by atoms with Crippen LogP contribution in [-0.4, -0.2) is 95.8 Å². The van der Waals surface area contributed by atoms with Crippen molar-refractivity contribution in [1.29, 1.82) is 0 Å². The Kier molecular flexibility index (Phi) is 10.2. The first-order valence-electron chi connectivity index (χ1n) is 9.54. The molecule has 0 saturated heterocycles. The topological polar surface area (TPSA) is 71.4 Å². The molecule has 4 nitrogen and oxygen atoms in total. The standard InChI is InChI=1S/C15H5F25O4S/c16-4(17,1-3(41)2-45(42,43)44)5(18,19)6(20,21)7(22,23)8(24,25)9(26,27)10(28,29)11(30,31)12(32,33)13(34,35)14(36,37)15(38,39)40/h1-2H2,(H,42,43,44). The zero-order valence-electron chi connectivity index (χ0n) is 19.4. The highest BCUT2D eigenvalue weighted by atomic mass is 32.2. The van der Waals surface area contributed by atoms with Gasteiger partial charge in [0.05, 0.1) is 6.42 Å². The highest BCUT2D eigenvalue weighted by molar-refractivity contribution is 7.86. The summed E-state index contributed by atoms with van der Waals surface area (Å²) in [7, 11) is -5.88. The monoisotopic (exact) mass is 756 g/mol. The minimum Gasteiger partial charge on any atom is -0.298 e. The number of carbonyl (C=O) groups is 1. The second kappa shape index (κ2) is 10.7. The van der Waals surface area contributed by atoms with Crippen molar-refractivity contribution in [1.82, 2.24) is 0 Å². The van der Waals surface area contributed by atoms with E-state index in [1.807, 2.05) is 0 Å². The number of ketones is 1. The first-order chi connectivity index (χ1) is 18.9. The molecule has 0 amide bonds. The normalized spacial score (nSPS) is 16.7. The molecule has 0 aromatic carbocycles. The van der Waals surface area contributed by atoms with Crippen molar-refractivity contribution in [2.45, 2.75) is 77.7 Å². The average molecular weight is 756 g/mol. The van der Waals surface area contributed by atoms with Crippen molar-refractivity contribution >= 4 is 15.9 Å². The number of halogens is 25. The van der Waals surface area contributed by atoms with Gasteiger partial charge in [-0.2, -0.15) is 118 Å². The second-order valence-electron chi connectivity index (χ2n) is 8.39. The number of rotatable bonds is 14. The molecule has 0 aromatic rings. The maximum atomic E-state index is 13.7. The molecule has 0 saturated carbocycles. The minimum absolute atomic E-state index is 2.79. The summed E-state index contributed by atoms with van der Waals surface area (Å²) >= 11 is 0. The summed E-state index contributed by atoms with van der Waals surface area (Å²) in [5.74, 6) is -107. The Hall–Kier alpha value is -2.17. The van der Waals surface area contributed by atoms with Crippen LogP contribution < -0.4 is 0 Å². The smallest absolute Gasteiger partial charge is 0.298 e. The molecule has 45 heavy (non-hydrogen) atoms. The molecule has 0 unspecified atom stereocenters. The molecule has 0 aromatic heterocycles. The van der Waals surface area contributed by atoms with Crippen LogP contribution in [-0.2, 0) is 14.9 Å². The maximum absolute atomic E-state index is 13.7. The molecule has 30 heteroatoms. The van der Waals surface area contributed by atoms with Crippen LogP contribution in [0.2, 0.25) is 0 Å². The fraction of sp³-hybridized carbons (Fsp3) is 0.933. The molecule has 0 atom stereocenters. The number of hydrogen-bond donors (Lipinski definition) is 1. The van der Waals surface area contributed by atoms with E-state index in [0.717, 1.165) is 0 Å². The van der Waals surface area contributed by atoms with Gasteiger partial charge in [-0.3, -0.25) is 9.35 Å². The largest absolute Gasteiger partial charge is 0.460 e. The van der Waals surface area contributed by atoms with Crippen LogP contribution >= 0.6 is 0 Å². The van der Waals surface area contributed by atoms with Crippen molar-refractivity contribution < 1.29 is 128 Å². The van der Waals surface area contributed by atoms with E-state index in [2.05, 4.69) is 0 Å². The molecule has 0 spiro atoms. The molecule has 0 rings (SSSR count). The predicted molar refractivity (Wildman–Crippen MR) is 86.5 cm³/mol. The van der Waals surface area contributed by atoms with Crippen LogP contribution in [0.25, 0.3) is 0 Å². The van der Waals surface area contributed by atoms with Gasteiger partial charge in [0.2, 0.25) is 0 Å². The Morgan fingerprint density at radius 1 is 0.400 bits per heavy atom. The van der Waals surface area contributed by atoms with E-state index in [-0.39, 0.29) is 0 Å². The van der Waals surface area contributed by atoms with E-state index >= 15 is 0 Å². The fourth-order valence-electron chi connectivity index (χ4n) is 2.60. The fourth-order valence-corrected chi connectivity index (χ4v) is 3.11. The number of Topliss-reactive ketones (excluding diaryl/α,β-unsaturated/α-hetero) is 1. The van der Waals surface area contributed by atoms with Crippen LogP contribution in [0.1, 0.15) is 6.42 Å². The van der Waals surface area contributed by atoms with Gasteiger partial charge in [0, 0.05) is 0 Å². The van der Waals surface area contributed by atoms with Gasteiger partial charge in [-0.25, -0.2) is 0 Å². The lowest BCUT2D eigenvalue weighted by Crippen LogP contribution is -2.78. The first-order valence-corrected chi connectivity index (χ1v) is 11.2. The molecule has 0 aliphatic carbocycles. The zero-order chi connectivity index (χ0) is 37.5. The van der Waals surface area contributed by atoms with Crippen molar-refractivity contribution in [3.05, 3.63) is 0 Å². The van der Waals surface area contributed by atoms with Crippen molar-refractivity contribution in [2.24, 2.45) is 0 Å². The lowest BCUT2D eigenvalue weighted by molar-refractivity contribution is -0.482. The number of alkyl halides is 25. The minimum atomic E-state index is -9.73. The van der Waals surface area contributed by atoms with Crippen molar-refractivity contribution in [3.63, 3.8) is 0 Å². The van der Waals surface area contributed by atoms with Gasteiger partial charge in [-0.1, -0.05) is 0 Å². The van der Waals surface area contributed by atoms with Gasteiger partial charge >= 0.3 is 71.3 Å². The van der Waals surface area contributed by atoms with Crippen molar-refractivity contribution in [2.75, 3.05) is 5.75 Å². The van der Waals surface area contributed by atoms with Crippen LogP contribution in [0.5, 0.6) is 0 Å². The van der Waals surface area contributed by atoms with Gasteiger partial charge in [0.25, 0.3) is 10.1 Å². The Labute approximate surface area is 228 Å². The van der Waals surface area contributed by atoms with Crippen LogP contribution in [0.15, 0.2) is 0 Å². The number of hydrogen-bond acceptors (Lipinski definition) is 3. The second-order valence-corrected chi connectivity index (χ2v) is 9.84. The lowest BCUT2D eigenvalue weighted by Gasteiger charge is -2.45. The SMILES string of the molecule is O=C(CC(F)(F)C(F)(F)C(F)(F)C(F)(F)C(F)(F)C(F)(F)C(F)(F)C(F)(F)C(F)(F)C(F)(F)C(F)(F)C(F)(F)F)CS(=O)(=O)O. The van der Waals surface area contributed by atoms with E-state index in [4.69, 9.17) is 4.55 Å². The number of carbonyl (C=O) groups excluding carboxylic acids is 1. The summed E-state index contributed by atoms with van der Waals surface area (Å²) in [5.41, 5.74) is 0. The quantitative estimate of drug-likeness (QED) is 0.148. The third-order valence-electron chi connectivity index (χ3n) is 5.13. The van der Waals surface area contributed by atoms with Gasteiger partial charge < -0.3 is 0 Å². The molecule has 0 bridgehead atoms. The van der Waals surface area contributed by atoms with Crippen molar-refractivity contribution in [3.8, 4) is 0 Å². The molecule has 1 N–H and O–H groups in total. The van der Waals surface area contributed by atoms with E-state index < -0.39 is 99.4 Å². The van der Waals surface area contributed by atoms with E-state index in [1.165, 1.54) is 0 Å². The zero-order valence-corrected chi connectivity index (χ0v) is 20.3. The van der Waals surface area contributed by atoms with Gasteiger partial charge in [0.1, 0.15) is 5.75 Å². The molecular formula is C15H5F25O4S. The van der Waals surface area contributed by atoms with Crippen LogP contribution in [0.3, 0.4) is 0 Å². The first kappa shape index (κ1) is 42.8. The Balaban J connectivity index is 7.27. The van der Waals surface area contributed by atoms with Crippen LogP contribution in [0, 0.1) is 0 Å². The predicted octanol–water partition coefficient (Wildman–Crippen LogP) is 7.38. The molecule has 0 radical (unpaired) electrons. The molecular weight excluding hydrogens is 751 g/mol. The molecule has 0 aliphatic rings. The summed E-state index contributed by atoms with van der Waals surface area (Å²) in [4.78, 5) is 10.9. The van der Waals surface area contributed by atoms with E-state index in [1.54, 1.807) is 0 Å². The summed E-state index contributed by atoms with van der Waals surface area (Å²) in [6.07, 6.45) is -12.1. The third-order valence-corrected chi connectivity index (χ3v) is 5.81. The Bertz CT molecular complexity index is 1230. The summed E-state index contributed by atoms with van der Waals surface area (Å²) in [6, 6.07) is 0. The van der Waals surface area contributed by atoms with Gasteiger partial charge in [0.15, 0.2) is 5.78 Å². The molecule has 0 fully saturated rings. The Morgan fingerprint density at radius 3 is 0.800 bits per heavy atom. The van der Waals surface area contributed by atoms with Crippen LogP contribution in [0.4, 0.5) is 110 Å². The summed E-state index contributed by atoms with van der Waals surface area (Å²) in [6.45, 7) is 0. The summed E-state index contributed by atoms with van der Waals surface area (Å²) in [5, 5.41) is 0. The maximum Gasteiger partial charge on any atom is 0.460 e. The van der Waals surface area contributed by atoms with Gasteiger partial charge in [-0.05, 0) is 0 Å². The third kappa shape index (κ3) is 5.81. The van der Waals surface area contributed by atoms with Gasteiger partial charge in [-0.15, -0.1) is 0 Å². The Morgan fingerprint density at radius 2 is 0.600 bits per heavy atom. The highest BCUT2D eigenvalue weighted by Gasteiger charge is 2.99. The average Bonchev–Trinajstić information content (AvgIpc) is 2.75.